The average molecular weight is 525 g/mol. The van der Waals surface area contributed by atoms with Gasteiger partial charge in [-0.05, 0) is 0 Å². The van der Waals surface area contributed by atoms with Crippen LogP contribution in [0.1, 0.15) is 0 Å². The fourth-order valence-electron chi connectivity index (χ4n) is 18.1. The van der Waals surface area contributed by atoms with Crippen molar-refractivity contribution in [1.82, 2.24) is 0 Å². The van der Waals surface area contributed by atoms with E-state index in [-0.39, 0.29) is 0 Å². The zero-order chi connectivity index (χ0) is 11.1. The molecule has 0 saturated carbocycles. The fraction of sp³-hybridized carbons (Fsp3) is 1.00. The monoisotopic (exact) mass is 522 g/mol. The van der Waals surface area contributed by atoms with Crippen LogP contribution in [0.15, 0.2) is 0 Å². The van der Waals surface area contributed by atoms with Crippen molar-refractivity contribution in [2.75, 3.05) is 0 Å². The van der Waals surface area contributed by atoms with Crippen LogP contribution in [0.3, 0.4) is 0 Å². The molecule has 10 heterocycles. The third kappa shape index (κ3) is 0.0881. The second kappa shape index (κ2) is 0.714. The summed E-state index contributed by atoms with van der Waals surface area (Å²) in [5, 5.41) is 0. The maximum atomic E-state index is 4.04. The number of hydrogen-bond donors (Lipinski definition) is 0. The van der Waals surface area contributed by atoms with E-state index in [1.165, 1.54) is 38.5 Å². The van der Waals surface area contributed by atoms with Gasteiger partial charge in [-0.25, -0.2) is 0 Å². The van der Waals surface area contributed by atoms with Crippen LogP contribution in [-0.4, -0.2) is 8.72 Å². The van der Waals surface area contributed by atoms with Gasteiger partial charge >= 0.3 is 125 Å². The van der Waals surface area contributed by atoms with Crippen LogP contribution in [-0.2, 0) is 6.51 Å². The zero-order valence-electron chi connectivity index (χ0n) is 8.64. The van der Waals surface area contributed by atoms with E-state index in [1.807, 2.05) is 0 Å². The second-order valence-corrected chi connectivity index (χ2v) is 39.9. The van der Waals surface area contributed by atoms with Gasteiger partial charge in [-0.1, -0.05) is 0 Å². The minimum absolute atomic E-state index is 0.687. The van der Waals surface area contributed by atoms with Gasteiger partial charge in [-0.2, -0.15) is 0 Å². The molecule has 10 aliphatic heterocycles. The van der Waals surface area contributed by atoms with E-state index in [9.17, 15) is 0 Å². The Morgan fingerprint density at radius 3 is 1.06 bits per heavy atom. The Balaban J connectivity index is 1.72. The van der Waals surface area contributed by atoms with Crippen LogP contribution in [0.5, 0.6) is 0 Å². The molecule has 0 aromatic carbocycles. The van der Waals surface area contributed by atoms with Crippen LogP contribution in [0.2, 0.25) is 47.0 Å². The summed E-state index contributed by atoms with van der Waals surface area (Å²) in [6.07, 6.45) is 0. The molecule has 0 N–H and O–H groups in total. The predicted molar refractivity (Wildman–Crippen MR) is 82.6 cm³/mol. The Kier molecular flexibility index (Phi) is 0.347. The van der Waals surface area contributed by atoms with Gasteiger partial charge in [0.15, 0.2) is 0 Å². The minimum atomic E-state index is -3.08. The first kappa shape index (κ1) is 8.27. The van der Waals surface area contributed by atoms with Gasteiger partial charge in [-0.3, -0.25) is 0 Å². The zero-order valence-corrected chi connectivity index (χ0v) is 16.1. The molecule has 0 aliphatic carbocycles. The van der Waals surface area contributed by atoms with Crippen molar-refractivity contribution >= 4 is 71.7 Å². The first-order valence-corrected chi connectivity index (χ1v) is 16.5. The fourth-order valence-corrected chi connectivity index (χ4v) is 112. The number of hydrogen-bond acceptors (Lipinski definition) is 0. The van der Waals surface area contributed by atoms with Crippen LogP contribution < -0.4 is 0 Å². The standard InChI is InChI=1S/2C5H4BBr2.Fe/c2*7-6(8)5-3-1-2-4-5;/h2*1-4H;. The van der Waals surface area contributed by atoms with Gasteiger partial charge in [0.2, 0.25) is 0 Å². The topological polar surface area (TPSA) is 0 Å². The van der Waals surface area contributed by atoms with E-state index in [0.717, 1.165) is 8.43 Å². The molecule has 10 saturated heterocycles. The summed E-state index contributed by atoms with van der Waals surface area (Å²) < 4.78 is 3.20. The van der Waals surface area contributed by atoms with Crippen molar-refractivity contribution < 1.29 is 6.51 Å². The Morgan fingerprint density at radius 1 is 0.647 bits per heavy atom. The molecule has 10 aliphatic rings. The third-order valence-electron chi connectivity index (χ3n) is 15.7. The van der Waals surface area contributed by atoms with Gasteiger partial charge < -0.3 is 0 Å². The molecule has 7 heteroatoms. The van der Waals surface area contributed by atoms with Gasteiger partial charge in [0.1, 0.15) is 0 Å². The van der Waals surface area contributed by atoms with E-state index in [0.29, 0.717) is 8.72 Å². The number of fused-ring (bicyclic) bond motifs is 10. The molecule has 0 aromatic heterocycles. The summed E-state index contributed by atoms with van der Waals surface area (Å²) in [6.45, 7) is -3.08. The average Bonchev–Trinajstić information content (AvgIpc) is 3.22. The maximum absolute atomic E-state index is 4.04. The van der Waals surface area contributed by atoms with E-state index in [4.69, 9.17) is 0 Å². The van der Waals surface area contributed by atoms with E-state index < -0.39 is 6.51 Å². The van der Waals surface area contributed by atoms with Gasteiger partial charge in [-0.15, -0.1) is 0 Å². The van der Waals surface area contributed by atoms with Crippen molar-refractivity contribution in [2.45, 2.75) is 47.0 Å². The van der Waals surface area contributed by atoms with Crippen molar-refractivity contribution in [1.29, 1.82) is 0 Å². The number of rotatable bonds is 2. The Hall–Kier alpha value is 2.57. The molecule has 0 amide bonds. The summed E-state index contributed by atoms with van der Waals surface area (Å²) in [6, 6.07) is 0. The van der Waals surface area contributed by atoms with E-state index >= 15 is 0 Å². The molecular weight excluding hydrogens is 517 g/mol. The summed E-state index contributed by atoms with van der Waals surface area (Å²) in [4.78, 5) is 10.9. The summed E-state index contributed by atoms with van der Waals surface area (Å²) in [5.41, 5.74) is 0. The van der Waals surface area contributed by atoms with Crippen molar-refractivity contribution in [3.63, 3.8) is 0 Å². The molecule has 17 heavy (non-hydrogen) atoms. The van der Waals surface area contributed by atoms with Crippen LogP contribution in [0.25, 0.3) is 0 Å². The molecule has 10 rings (SSSR count). The van der Waals surface area contributed by atoms with Crippen molar-refractivity contribution in [2.24, 2.45) is 0 Å². The molecule has 0 bridgehead atoms. The van der Waals surface area contributed by atoms with E-state index in [1.54, 1.807) is 0 Å². The van der Waals surface area contributed by atoms with E-state index in [2.05, 4.69) is 63.0 Å². The van der Waals surface area contributed by atoms with Crippen LogP contribution in [0, 0.1) is 0 Å². The molecule has 10 fully saturated rings. The predicted octanol–water partition coefficient (Wildman–Crippen LogP) is 5.75. The molecule has 90 valence electrons. The molecular formula is C10H8B2Br4Fe. The van der Waals surface area contributed by atoms with Crippen molar-refractivity contribution in [3.05, 3.63) is 0 Å². The Morgan fingerprint density at radius 2 is 0.941 bits per heavy atom. The summed E-state index contributed by atoms with van der Waals surface area (Å²) in [5.74, 6) is 0. The summed E-state index contributed by atoms with van der Waals surface area (Å²) >= 11 is 16.2. The molecule has 1 spiro atoms. The normalized spacial score (nSPS) is 123. The first-order chi connectivity index (χ1) is 7.82. The molecule has 0 nitrogen and oxygen atoms in total. The molecule has 0 aromatic rings. The van der Waals surface area contributed by atoms with Crippen molar-refractivity contribution in [3.8, 4) is 0 Å². The molecule has 8 atom stereocenters. The SMILES string of the molecule is BrB(Br)[C]12[CH]3[CH]4[CH]5[CH]1[Fe]45321678[CH]2[CH]1[CH]6[C]7(B(Br)Br)[CH]28. The van der Waals surface area contributed by atoms with Gasteiger partial charge in [0, 0.05) is 0 Å². The number of halogens is 4. The van der Waals surface area contributed by atoms with Gasteiger partial charge in [0.25, 0.3) is 0 Å². The summed E-state index contributed by atoms with van der Waals surface area (Å²) in [7, 11) is 0. The Bertz CT molecular complexity index is 926. The second-order valence-electron chi connectivity index (χ2n) is 10.5. The van der Waals surface area contributed by atoms with Crippen LogP contribution in [0.4, 0.5) is 0 Å². The van der Waals surface area contributed by atoms with Gasteiger partial charge in [0.05, 0.1) is 0 Å². The Labute approximate surface area is 123 Å². The third-order valence-corrected chi connectivity index (χ3v) is 63.7. The molecule has 0 radical (unpaired) electrons. The first-order valence-electron chi connectivity index (χ1n) is 6.59. The quantitative estimate of drug-likeness (QED) is 0.403. The molecule has 8 unspecified atom stereocenters. The van der Waals surface area contributed by atoms with Crippen LogP contribution >= 0.6 is 63.0 Å².